The first-order valence-corrected chi connectivity index (χ1v) is 33.4. The number of hydrogen-bond donors (Lipinski definition) is 0. The molecule has 0 aromatic rings. The maximum atomic E-state index is 2.24. The number of hydrogen-bond acceptors (Lipinski definition) is 10. The van der Waals surface area contributed by atoms with E-state index in [2.05, 4.69) is 108 Å². The van der Waals surface area contributed by atoms with Gasteiger partial charge in [-0.3, -0.25) is 0 Å². The highest BCUT2D eigenvalue weighted by Gasteiger charge is 2.27. The molecule has 0 spiro atoms. The Morgan fingerprint density at radius 2 is 0.220 bits per heavy atom. The van der Waals surface area contributed by atoms with E-state index in [1.165, 1.54) is 186 Å². The highest BCUT2D eigenvalue weighted by molar-refractivity contribution is 8.77. The van der Waals surface area contributed by atoms with Crippen LogP contribution in [-0.4, -0.2) is 57.5 Å². The Hall–Kier alpha value is 3.50. The van der Waals surface area contributed by atoms with E-state index in [0.717, 1.165) is 59.2 Å². The largest absolute Gasteiger partial charge is 0.0939 e. The van der Waals surface area contributed by atoms with E-state index in [0.29, 0.717) is 0 Å². The zero-order valence-electron chi connectivity index (χ0n) is 31.1. The van der Waals surface area contributed by atoms with E-state index < -0.39 is 0 Å². The second kappa shape index (κ2) is 25.8. The Balaban J connectivity index is 0.863. The topological polar surface area (TPSA) is 0 Å². The molecule has 11 rings (SSSR count). The third-order valence-electron chi connectivity index (χ3n) is 13.3. The molecule has 0 atom stereocenters. The minimum atomic E-state index is 1.00. The normalized spacial score (nSPS) is 40.8. The second-order valence-corrected chi connectivity index (χ2v) is 30.0. The molecule has 11 fully saturated rings. The van der Waals surface area contributed by atoms with E-state index >= 15 is 0 Å². The molecular weight excluding hydrogens is 801 g/mol. The van der Waals surface area contributed by atoms with Gasteiger partial charge in [0.15, 0.2) is 0 Å². The van der Waals surface area contributed by atoms with Crippen molar-refractivity contribution in [3.63, 3.8) is 0 Å². The molecule has 6 saturated heterocycles. The molecule has 6 aliphatic heterocycles. The Morgan fingerprint density at radius 3 is 0.300 bits per heavy atom. The van der Waals surface area contributed by atoms with Crippen molar-refractivity contribution in [3.8, 4) is 0 Å². The van der Waals surface area contributed by atoms with Crippen molar-refractivity contribution < 1.29 is 0 Å². The average molecular weight is 872 g/mol. The van der Waals surface area contributed by atoms with Gasteiger partial charge in [-0.15, -0.1) is 0 Å². The van der Waals surface area contributed by atoms with Crippen molar-refractivity contribution in [1.29, 1.82) is 0 Å². The van der Waals surface area contributed by atoms with Crippen LogP contribution in [-0.2, 0) is 0 Å². The molecule has 10 heteroatoms. The van der Waals surface area contributed by atoms with Crippen molar-refractivity contribution >= 4 is 108 Å². The highest BCUT2D eigenvalue weighted by atomic mass is 33.1. The Labute approximate surface area is 349 Å². The fourth-order valence-corrected chi connectivity index (χ4v) is 24.1. The van der Waals surface area contributed by atoms with Crippen LogP contribution in [0.4, 0.5) is 0 Å². The first kappa shape index (κ1) is 43.1. The van der Waals surface area contributed by atoms with Crippen LogP contribution in [0.2, 0.25) is 0 Å². The summed E-state index contributed by atoms with van der Waals surface area (Å²) in [4.78, 5) is 0. The summed E-state index contributed by atoms with van der Waals surface area (Å²) in [5.41, 5.74) is 0. The van der Waals surface area contributed by atoms with Crippen molar-refractivity contribution in [2.45, 2.75) is 128 Å². The van der Waals surface area contributed by atoms with Crippen LogP contribution >= 0.6 is 108 Å². The quantitative estimate of drug-likeness (QED) is 0.215. The zero-order valence-corrected chi connectivity index (χ0v) is 39.2. The molecular formula is C40H70S10. The average Bonchev–Trinajstić information content (AvgIpc) is 3.16. The summed E-state index contributed by atoms with van der Waals surface area (Å²) in [6.45, 7) is 0. The van der Waals surface area contributed by atoms with Gasteiger partial charge in [-0.25, -0.2) is 0 Å². The molecule has 10 bridgehead atoms. The van der Waals surface area contributed by atoms with Crippen LogP contribution in [0.15, 0.2) is 0 Å². The van der Waals surface area contributed by atoms with E-state index in [1.807, 2.05) is 0 Å². The summed E-state index contributed by atoms with van der Waals surface area (Å²) < 4.78 is 0. The van der Waals surface area contributed by atoms with E-state index in [1.54, 1.807) is 0 Å². The molecule has 11 aliphatic rings. The highest BCUT2D eigenvalue weighted by Crippen LogP contribution is 2.44. The smallest absolute Gasteiger partial charge is 0.00653 e. The van der Waals surface area contributed by atoms with Gasteiger partial charge in [-0.1, -0.05) is 108 Å². The molecule has 290 valence electrons. The minimum absolute atomic E-state index is 1.00. The fraction of sp³-hybridized carbons (Fsp3) is 1.00. The van der Waals surface area contributed by atoms with Crippen LogP contribution in [0.3, 0.4) is 0 Å². The molecule has 50 heavy (non-hydrogen) atoms. The summed E-state index contributed by atoms with van der Waals surface area (Å²) in [6.07, 6.45) is 30.1. The van der Waals surface area contributed by atoms with Crippen LogP contribution < -0.4 is 0 Å². The Bertz CT molecular complexity index is 622. The number of fused-ring (bicyclic) bond motifs is 4. The third-order valence-corrected chi connectivity index (χ3v) is 26.8. The molecule has 0 aromatic heterocycles. The predicted molar refractivity (Wildman–Crippen MR) is 252 cm³/mol. The molecule has 0 amide bonds. The first-order chi connectivity index (χ1) is 24.7. The lowest BCUT2D eigenvalue weighted by molar-refractivity contribution is 0.315. The Kier molecular flexibility index (Phi) is 22.2. The minimum Gasteiger partial charge on any atom is -0.0939 e. The van der Waals surface area contributed by atoms with Crippen molar-refractivity contribution in [2.75, 3.05) is 57.5 Å². The SMILES string of the molecule is C1CC2CCC1CSSCC1CCC(CC1)CSSCC1CCC(CC1)CSSCC1CCC(CC1)CSSCC1CCC(CC1)CSSC2. The molecule has 5 saturated carbocycles. The molecule has 0 nitrogen and oxygen atoms in total. The molecule has 0 unspecified atom stereocenters. The van der Waals surface area contributed by atoms with E-state index in [-0.39, 0.29) is 0 Å². The van der Waals surface area contributed by atoms with Gasteiger partial charge in [0.25, 0.3) is 0 Å². The predicted octanol–water partition coefficient (Wildman–Crippen LogP) is 15.9. The van der Waals surface area contributed by atoms with Gasteiger partial charge < -0.3 is 0 Å². The molecule has 6 heterocycles. The summed E-state index contributed by atoms with van der Waals surface area (Å²) in [5, 5.41) is 0. The number of rotatable bonds is 0. The fourth-order valence-electron chi connectivity index (χ4n) is 9.27. The lowest BCUT2D eigenvalue weighted by Crippen LogP contribution is -2.19. The maximum Gasteiger partial charge on any atom is 0.00653 e. The third kappa shape index (κ3) is 16.8. The van der Waals surface area contributed by atoms with Gasteiger partial charge in [0.1, 0.15) is 0 Å². The maximum absolute atomic E-state index is 2.24. The molecule has 0 aromatic carbocycles. The van der Waals surface area contributed by atoms with Gasteiger partial charge in [0.05, 0.1) is 0 Å². The lowest BCUT2D eigenvalue weighted by atomic mass is 9.84. The van der Waals surface area contributed by atoms with E-state index in [9.17, 15) is 0 Å². The van der Waals surface area contributed by atoms with Crippen LogP contribution in [0.25, 0.3) is 0 Å². The summed E-state index contributed by atoms with van der Waals surface area (Å²) in [7, 11) is 22.4. The van der Waals surface area contributed by atoms with Crippen LogP contribution in [0.1, 0.15) is 128 Å². The molecule has 5 aliphatic carbocycles. The molecule has 0 radical (unpaired) electrons. The van der Waals surface area contributed by atoms with Gasteiger partial charge in [-0.05, 0) is 188 Å². The Morgan fingerprint density at radius 1 is 0.140 bits per heavy atom. The second-order valence-electron chi connectivity index (χ2n) is 17.3. The lowest BCUT2D eigenvalue weighted by Gasteiger charge is -2.30. The zero-order chi connectivity index (χ0) is 34.1. The summed E-state index contributed by atoms with van der Waals surface area (Å²) in [5.74, 6) is 24.2. The van der Waals surface area contributed by atoms with Crippen molar-refractivity contribution in [3.05, 3.63) is 0 Å². The van der Waals surface area contributed by atoms with Gasteiger partial charge in [-0.2, -0.15) is 0 Å². The van der Waals surface area contributed by atoms with Gasteiger partial charge >= 0.3 is 0 Å². The summed E-state index contributed by atoms with van der Waals surface area (Å²) in [6, 6.07) is 0. The van der Waals surface area contributed by atoms with Crippen molar-refractivity contribution in [1.82, 2.24) is 0 Å². The van der Waals surface area contributed by atoms with Crippen molar-refractivity contribution in [2.24, 2.45) is 59.2 Å². The standard InChI is InChI=1S/C40H70S10/c1-2-32-4-3-31(1)21-41-43-23-33-5-7-35(8-6-33)25-45-47-27-37-13-15-39(16-14-37)29-49-50-30-40-19-17-38(18-20-40)28-48-46-26-36-11-9-34(10-12-36)24-44-42-22-32/h31-40H,1-30H2. The monoisotopic (exact) mass is 870 g/mol. The van der Waals surface area contributed by atoms with Crippen LogP contribution in [0, 0.1) is 59.2 Å². The first-order valence-electron chi connectivity index (χ1n) is 21.0. The van der Waals surface area contributed by atoms with Gasteiger partial charge in [0.2, 0.25) is 0 Å². The van der Waals surface area contributed by atoms with Gasteiger partial charge in [0, 0.05) is 57.5 Å². The summed E-state index contributed by atoms with van der Waals surface area (Å²) >= 11 is 0. The van der Waals surface area contributed by atoms with E-state index in [4.69, 9.17) is 0 Å². The van der Waals surface area contributed by atoms with Crippen LogP contribution in [0.5, 0.6) is 0 Å². The molecule has 0 N–H and O–H groups in total.